The van der Waals surface area contributed by atoms with E-state index in [1.807, 2.05) is 54.6 Å². The van der Waals surface area contributed by atoms with Gasteiger partial charge in [0.15, 0.2) is 11.4 Å². The first-order valence-electron chi connectivity index (χ1n) is 16.4. The fourth-order valence-electron chi connectivity index (χ4n) is 7.24. The molecule has 244 valence electrons. The van der Waals surface area contributed by atoms with E-state index in [1.54, 1.807) is 30.3 Å². The Balaban J connectivity index is 1.65. The van der Waals surface area contributed by atoms with Gasteiger partial charge in [-0.3, -0.25) is 0 Å². The lowest BCUT2D eigenvalue weighted by atomic mass is 9.85. The van der Waals surface area contributed by atoms with Gasteiger partial charge >= 0.3 is 0 Å². The first-order valence-corrected chi connectivity index (χ1v) is 16.4. The number of allylic oxidation sites excluding steroid dienone is 10. The molecule has 8 nitrogen and oxygen atoms in total. The predicted octanol–water partition coefficient (Wildman–Crippen LogP) is 11.1. The molecule has 0 atom stereocenters. The summed E-state index contributed by atoms with van der Waals surface area (Å²) in [5, 5.41) is 41.4. The second-order valence-corrected chi connectivity index (χ2v) is 12.3. The van der Waals surface area contributed by atoms with Crippen LogP contribution in [0.5, 0.6) is 0 Å². The summed E-state index contributed by atoms with van der Waals surface area (Å²) >= 11 is 0. The highest BCUT2D eigenvalue weighted by Gasteiger charge is 2.37. The molecule has 0 fully saturated rings. The molecule has 0 saturated carbocycles. The minimum absolute atomic E-state index is 0.114. The van der Waals surface area contributed by atoms with Gasteiger partial charge in [0, 0.05) is 0 Å². The lowest BCUT2D eigenvalue weighted by Crippen LogP contribution is -1.98. The maximum atomic E-state index is 10.9. The zero-order valence-corrected chi connectivity index (χ0v) is 28.2. The summed E-state index contributed by atoms with van der Waals surface area (Å²) in [6.45, 7) is 32.3. The summed E-state index contributed by atoms with van der Waals surface area (Å²) in [5.41, 5.74) is 7.73. The second kappa shape index (κ2) is 13.9. The maximum absolute atomic E-state index is 10.9. The molecule has 0 aliphatic heterocycles. The number of hydrogen-bond acceptors (Lipinski definition) is 4. The summed E-state index contributed by atoms with van der Waals surface area (Å²) in [7, 11) is 0. The molecule has 7 rings (SSSR count). The van der Waals surface area contributed by atoms with Gasteiger partial charge in [0.2, 0.25) is 11.4 Å². The Kier molecular flexibility index (Phi) is 8.66. The predicted molar refractivity (Wildman–Crippen MR) is 206 cm³/mol. The van der Waals surface area contributed by atoms with E-state index in [-0.39, 0.29) is 39.3 Å². The van der Waals surface area contributed by atoms with Crippen LogP contribution in [0.2, 0.25) is 0 Å². The molecule has 3 aliphatic rings. The Labute approximate surface area is 311 Å². The van der Waals surface area contributed by atoms with Crippen molar-refractivity contribution in [3.05, 3.63) is 204 Å². The fourth-order valence-corrected chi connectivity index (χ4v) is 7.24. The zero-order chi connectivity index (χ0) is 37.9. The average molecular weight is 685 g/mol. The highest BCUT2D eigenvalue weighted by atomic mass is 14.7. The highest BCUT2D eigenvalue weighted by molar-refractivity contribution is 6.30. The molecule has 54 heavy (non-hydrogen) atoms. The molecule has 3 aliphatic carbocycles. The molecule has 0 aromatic heterocycles. The summed E-state index contributed by atoms with van der Waals surface area (Å²) in [6.07, 6.45) is 7.16. The third kappa shape index (κ3) is 5.43. The largest absolute Gasteiger partial charge is 0.239 e. The third-order valence-electron chi connectivity index (χ3n) is 9.45. The van der Waals surface area contributed by atoms with Crippen molar-refractivity contribution in [1.82, 2.24) is 0 Å². The van der Waals surface area contributed by atoms with E-state index in [4.69, 9.17) is 26.3 Å². The standard InChI is InChI=1S/C46H20N8/c1-51-33-18-31(19-34(20-33)52-2)39(25-49)43-37-22-36-35(21-38(37)46(54-4)42(43)30-13-9-6-10-14-30)40(26-50)41(29-11-7-5-8-12-29)44(36)45(53-3)32-16-27(23-47)15-28(17-32)24-48/h5-9,11-13,15-22H,10,14H2/b43-39-,45-44+. The van der Waals surface area contributed by atoms with Crippen LogP contribution < -0.4 is 0 Å². The number of nitriles is 4. The van der Waals surface area contributed by atoms with E-state index >= 15 is 0 Å². The Hall–Kier alpha value is -8.76. The Morgan fingerprint density at radius 2 is 1.30 bits per heavy atom. The second-order valence-electron chi connectivity index (χ2n) is 12.3. The summed E-state index contributed by atoms with van der Waals surface area (Å²) < 4.78 is 0. The van der Waals surface area contributed by atoms with Crippen molar-refractivity contribution < 1.29 is 0 Å². The lowest BCUT2D eigenvalue weighted by molar-refractivity contribution is 0.982. The molecule has 0 radical (unpaired) electrons. The summed E-state index contributed by atoms with van der Waals surface area (Å²) in [4.78, 5) is 15.1. The topological polar surface area (TPSA) is 113 Å². The number of benzene rings is 4. The average Bonchev–Trinajstić information content (AvgIpc) is 3.72. The molecule has 0 unspecified atom stereocenters. The van der Waals surface area contributed by atoms with E-state index in [0.717, 1.165) is 5.57 Å². The molecule has 0 amide bonds. The molecule has 0 heterocycles. The van der Waals surface area contributed by atoms with E-state index in [2.05, 4.69) is 43.7 Å². The Morgan fingerprint density at radius 1 is 0.630 bits per heavy atom. The van der Waals surface area contributed by atoms with Gasteiger partial charge < -0.3 is 0 Å². The van der Waals surface area contributed by atoms with E-state index in [1.165, 1.54) is 12.1 Å². The lowest BCUT2D eigenvalue weighted by Gasteiger charge is -2.18. The van der Waals surface area contributed by atoms with Gasteiger partial charge in [-0.2, -0.15) is 21.0 Å². The number of rotatable bonds is 4. The molecule has 0 saturated heterocycles. The van der Waals surface area contributed by atoms with E-state index in [9.17, 15) is 21.0 Å². The van der Waals surface area contributed by atoms with Crippen LogP contribution in [-0.2, 0) is 0 Å². The fraction of sp³-hybridized carbons (Fsp3) is 0.0435. The van der Waals surface area contributed by atoms with Gasteiger partial charge in [-0.1, -0.05) is 78.4 Å². The zero-order valence-electron chi connectivity index (χ0n) is 28.2. The van der Waals surface area contributed by atoms with Gasteiger partial charge in [-0.25, -0.2) is 19.4 Å². The monoisotopic (exact) mass is 684 g/mol. The van der Waals surface area contributed by atoms with Gasteiger partial charge in [-0.05, 0) is 98.3 Å². The highest BCUT2D eigenvalue weighted by Crippen LogP contribution is 2.56. The first-order chi connectivity index (χ1) is 26.4. The van der Waals surface area contributed by atoms with Crippen LogP contribution >= 0.6 is 0 Å². The molecule has 0 N–H and O–H groups in total. The van der Waals surface area contributed by atoms with Crippen molar-refractivity contribution >= 4 is 50.6 Å². The van der Waals surface area contributed by atoms with Gasteiger partial charge in [0.05, 0.1) is 60.7 Å². The quantitative estimate of drug-likeness (QED) is 0.157. The SMILES string of the molecule is [C-]#[N+]C1=C(C2=CC=CCC2)/C(=C(/C#N)c2cc([N+]#[C-])cc([N+]#[C-])c2)c2cc3c(cc21)C(C#N)=C(c1ccccc1)/C3=C(/[N+]#[C-])c1cc(C#N)cc(C#N)c1. The van der Waals surface area contributed by atoms with Crippen LogP contribution in [-0.4, -0.2) is 0 Å². The summed E-state index contributed by atoms with van der Waals surface area (Å²) in [5.74, 6) is 0. The van der Waals surface area contributed by atoms with Crippen molar-refractivity contribution in [2.75, 3.05) is 0 Å². The van der Waals surface area contributed by atoms with Crippen molar-refractivity contribution in [2.24, 2.45) is 0 Å². The van der Waals surface area contributed by atoms with Crippen LogP contribution in [0.1, 0.15) is 62.9 Å². The van der Waals surface area contributed by atoms with Crippen LogP contribution in [0.4, 0.5) is 11.4 Å². The van der Waals surface area contributed by atoms with Crippen LogP contribution in [0.15, 0.2) is 108 Å². The Morgan fingerprint density at radius 3 is 1.85 bits per heavy atom. The van der Waals surface area contributed by atoms with E-state index in [0.29, 0.717) is 79.8 Å². The third-order valence-corrected chi connectivity index (χ3v) is 9.45. The maximum Gasteiger partial charge on any atom is 0.202 e. The summed E-state index contributed by atoms with van der Waals surface area (Å²) in [6, 6.07) is 30.7. The molecule has 4 aromatic carbocycles. The minimum atomic E-state index is 0.114. The molecule has 4 aromatic rings. The van der Waals surface area contributed by atoms with Crippen molar-refractivity contribution in [1.29, 1.82) is 21.0 Å². The van der Waals surface area contributed by atoms with Gasteiger partial charge in [-0.15, -0.1) is 0 Å². The van der Waals surface area contributed by atoms with Gasteiger partial charge in [0.1, 0.15) is 12.1 Å². The molecule has 8 heteroatoms. The number of nitrogens with zero attached hydrogens (tertiary/aromatic N) is 8. The smallest absolute Gasteiger partial charge is 0.202 e. The molecule has 0 spiro atoms. The van der Waals surface area contributed by atoms with Crippen molar-refractivity contribution in [3.8, 4) is 24.3 Å². The van der Waals surface area contributed by atoms with Crippen molar-refractivity contribution in [3.63, 3.8) is 0 Å². The normalized spacial score (nSPS) is 15.4. The number of hydrogen-bond donors (Lipinski definition) is 0. The van der Waals surface area contributed by atoms with Crippen LogP contribution in [0.25, 0.3) is 58.6 Å². The van der Waals surface area contributed by atoms with Crippen LogP contribution in [0, 0.1) is 71.6 Å². The van der Waals surface area contributed by atoms with Gasteiger partial charge in [0.25, 0.3) is 0 Å². The van der Waals surface area contributed by atoms with E-state index < -0.39 is 0 Å². The molecule has 0 bridgehead atoms. The number of fused-ring (bicyclic) bond motifs is 2. The minimum Gasteiger partial charge on any atom is -0.239 e. The first kappa shape index (κ1) is 33.7. The molecular formula is C46H20N8. The van der Waals surface area contributed by atoms with Crippen LogP contribution in [0.3, 0.4) is 0 Å². The van der Waals surface area contributed by atoms with Crippen molar-refractivity contribution in [2.45, 2.75) is 12.8 Å². The Bertz CT molecular complexity index is 2880. The molecular weight excluding hydrogens is 665 g/mol.